The van der Waals surface area contributed by atoms with Crippen LogP contribution in [0.3, 0.4) is 0 Å². The molecule has 0 amide bonds. The maximum atomic E-state index is 6.03. The van der Waals surface area contributed by atoms with Crippen LogP contribution in [0.1, 0.15) is 0 Å². The van der Waals surface area contributed by atoms with E-state index in [4.69, 9.17) is 12.2 Å². The van der Waals surface area contributed by atoms with Crippen LogP contribution in [-0.4, -0.2) is 9.13 Å². The first-order valence-corrected chi connectivity index (χ1v) is 11.9. The van der Waals surface area contributed by atoms with E-state index in [2.05, 4.69) is 112 Å². The predicted octanol–water partition coefficient (Wildman–Crippen LogP) is 5.76. The Morgan fingerprint density at radius 1 is 0.516 bits per heavy atom. The molecule has 31 heavy (non-hydrogen) atoms. The van der Waals surface area contributed by atoms with Crippen LogP contribution in [0.25, 0.3) is 11.4 Å². The van der Waals surface area contributed by atoms with E-state index in [1.165, 1.54) is 16.0 Å². The van der Waals surface area contributed by atoms with Crippen LogP contribution >= 0.6 is 20.1 Å². The molecule has 0 bridgehead atoms. The molecule has 0 N–H and O–H groups in total. The molecule has 0 unspecified atom stereocenters. The molecular weight excluding hydrogens is 415 g/mol. The topological polar surface area (TPSA) is 9.86 Å². The van der Waals surface area contributed by atoms with Crippen molar-refractivity contribution in [3.05, 3.63) is 132 Å². The summed E-state index contributed by atoms with van der Waals surface area (Å²) in [5.74, 6) is 0. The van der Waals surface area contributed by atoms with Gasteiger partial charge >= 0.3 is 0 Å². The van der Waals surface area contributed by atoms with Gasteiger partial charge in [0.15, 0.2) is 4.77 Å². The van der Waals surface area contributed by atoms with Crippen molar-refractivity contribution in [2.45, 2.75) is 0 Å². The second kappa shape index (κ2) is 8.85. The first kappa shape index (κ1) is 19.7. The summed E-state index contributed by atoms with van der Waals surface area (Å²) in [6.45, 7) is 0. The molecule has 0 fully saturated rings. The lowest BCUT2D eigenvalue weighted by molar-refractivity contribution is 0.964. The molecule has 0 saturated heterocycles. The van der Waals surface area contributed by atoms with Gasteiger partial charge in [0.2, 0.25) is 0 Å². The monoisotopic (exact) mass is 436 g/mol. The number of hydrogen-bond donors (Lipinski definition) is 0. The Morgan fingerprint density at radius 2 is 0.935 bits per heavy atom. The van der Waals surface area contributed by atoms with Gasteiger partial charge in [-0.15, -0.1) is 0 Å². The van der Waals surface area contributed by atoms with Gasteiger partial charge in [-0.3, -0.25) is 9.13 Å². The van der Waals surface area contributed by atoms with Gasteiger partial charge in [0.25, 0.3) is 0 Å². The fourth-order valence-corrected chi connectivity index (χ4v) is 6.59. The van der Waals surface area contributed by atoms with Crippen molar-refractivity contribution >= 4 is 36.2 Å². The van der Waals surface area contributed by atoms with E-state index in [0.717, 1.165) is 16.1 Å². The van der Waals surface area contributed by atoms with E-state index in [9.17, 15) is 0 Å². The summed E-state index contributed by atoms with van der Waals surface area (Å²) < 4.78 is 5.12. The number of aromatic nitrogens is 2. The van der Waals surface area contributed by atoms with Gasteiger partial charge in [-0.1, -0.05) is 97.1 Å². The van der Waals surface area contributed by atoms with Crippen molar-refractivity contribution in [2.75, 3.05) is 0 Å². The zero-order valence-electron chi connectivity index (χ0n) is 16.9. The van der Waals surface area contributed by atoms with Gasteiger partial charge < -0.3 is 0 Å². The zero-order chi connectivity index (χ0) is 21.0. The summed E-state index contributed by atoms with van der Waals surface area (Å²) in [4.78, 5) is 0. The van der Waals surface area contributed by atoms with Gasteiger partial charge in [-0.05, 0) is 47.1 Å². The summed E-state index contributed by atoms with van der Waals surface area (Å²) in [6.07, 6.45) is 2.22. The van der Waals surface area contributed by atoms with Gasteiger partial charge in [0.1, 0.15) is 0 Å². The fourth-order valence-electron chi connectivity index (χ4n) is 3.75. The van der Waals surface area contributed by atoms with E-state index in [0.29, 0.717) is 0 Å². The van der Waals surface area contributed by atoms with Crippen LogP contribution in [0.2, 0.25) is 0 Å². The quantitative estimate of drug-likeness (QED) is 0.252. The number of rotatable bonds is 5. The van der Waals surface area contributed by atoms with Gasteiger partial charge in [-0.25, -0.2) is 0 Å². The zero-order valence-corrected chi connectivity index (χ0v) is 18.6. The molecule has 150 valence electrons. The van der Waals surface area contributed by atoms with Crippen molar-refractivity contribution in [1.29, 1.82) is 0 Å². The van der Waals surface area contributed by atoms with Crippen LogP contribution in [0, 0.1) is 4.77 Å². The maximum Gasteiger partial charge on any atom is 0.189 e. The molecule has 0 saturated carbocycles. The van der Waals surface area contributed by atoms with Gasteiger partial charge in [0.05, 0.1) is 5.44 Å². The average molecular weight is 437 g/mol. The molecule has 0 radical (unpaired) electrons. The minimum atomic E-state index is -0.801. The fraction of sp³-hybridized carbons (Fsp3) is 0. The largest absolute Gasteiger partial charge is 0.292 e. The van der Waals surface area contributed by atoms with Crippen molar-refractivity contribution in [1.82, 2.24) is 9.13 Å². The van der Waals surface area contributed by atoms with Gasteiger partial charge in [0, 0.05) is 25.5 Å². The first-order chi connectivity index (χ1) is 15.3. The third-order valence-corrected chi connectivity index (χ3v) is 7.96. The molecule has 0 atom stereocenters. The van der Waals surface area contributed by atoms with Crippen LogP contribution in [0.15, 0.2) is 128 Å². The Morgan fingerprint density at radius 3 is 1.42 bits per heavy atom. The van der Waals surface area contributed by atoms with E-state index < -0.39 is 7.92 Å². The number of nitrogens with zero attached hydrogens (tertiary/aromatic N) is 2. The van der Waals surface area contributed by atoms with E-state index in [1.54, 1.807) is 0 Å². The van der Waals surface area contributed by atoms with Crippen molar-refractivity contribution in [2.24, 2.45) is 0 Å². The molecule has 0 spiro atoms. The smallest absolute Gasteiger partial charge is 0.189 e. The lowest BCUT2D eigenvalue weighted by atomic mass is 10.3. The van der Waals surface area contributed by atoms with Crippen molar-refractivity contribution in [3.8, 4) is 11.4 Å². The predicted molar refractivity (Wildman–Crippen MR) is 135 cm³/mol. The summed E-state index contributed by atoms with van der Waals surface area (Å²) in [7, 11) is -0.801. The molecule has 2 nitrogen and oxygen atoms in total. The minimum Gasteiger partial charge on any atom is -0.292 e. The molecule has 0 aliphatic heterocycles. The standard InChI is InChI=1S/C27H21N2PS/c31-27-28(22-13-5-1-6-14-22)21-26(29(27)23-15-7-2-8-16-23)30(24-17-9-3-10-18-24)25-19-11-4-12-20-25/h1-21H. The van der Waals surface area contributed by atoms with E-state index in [-0.39, 0.29) is 0 Å². The highest BCUT2D eigenvalue weighted by atomic mass is 32.1. The Balaban J connectivity index is 1.81. The number of para-hydroxylation sites is 2. The molecule has 5 aromatic rings. The lowest BCUT2D eigenvalue weighted by Crippen LogP contribution is -2.25. The van der Waals surface area contributed by atoms with Crippen LogP contribution in [-0.2, 0) is 0 Å². The Kier molecular flexibility index (Phi) is 5.62. The summed E-state index contributed by atoms with van der Waals surface area (Å²) in [5.41, 5.74) is 3.35. The summed E-state index contributed by atoms with van der Waals surface area (Å²) >= 11 is 6.03. The molecule has 1 heterocycles. The highest BCUT2D eigenvalue weighted by Crippen LogP contribution is 2.34. The third kappa shape index (κ3) is 3.90. The highest BCUT2D eigenvalue weighted by molar-refractivity contribution is 7.79. The molecule has 4 aromatic carbocycles. The normalized spacial score (nSPS) is 11.0. The molecule has 4 heteroatoms. The van der Waals surface area contributed by atoms with Crippen LogP contribution < -0.4 is 16.0 Å². The number of hydrogen-bond acceptors (Lipinski definition) is 1. The minimum absolute atomic E-state index is 0.770. The van der Waals surface area contributed by atoms with Crippen molar-refractivity contribution < 1.29 is 0 Å². The van der Waals surface area contributed by atoms with E-state index in [1.807, 2.05) is 24.3 Å². The molecule has 0 aliphatic carbocycles. The van der Waals surface area contributed by atoms with E-state index >= 15 is 0 Å². The van der Waals surface area contributed by atoms with Crippen LogP contribution in [0.5, 0.6) is 0 Å². The first-order valence-electron chi connectivity index (χ1n) is 10.2. The highest BCUT2D eigenvalue weighted by Gasteiger charge is 2.23. The second-order valence-electron chi connectivity index (χ2n) is 7.15. The number of benzene rings is 4. The molecule has 0 aliphatic rings. The lowest BCUT2D eigenvalue weighted by Gasteiger charge is -2.20. The summed E-state index contributed by atoms with van der Waals surface area (Å²) in [6, 6.07) is 42.2. The van der Waals surface area contributed by atoms with Crippen LogP contribution in [0.4, 0.5) is 0 Å². The molecular formula is C27H21N2PS. The van der Waals surface area contributed by atoms with Gasteiger partial charge in [-0.2, -0.15) is 0 Å². The average Bonchev–Trinajstić information content (AvgIpc) is 3.18. The SMILES string of the molecule is S=c1n(-c2ccccc2)cc(P(c2ccccc2)c2ccccc2)n1-c1ccccc1. The Labute approximate surface area is 188 Å². The Bertz CT molecular complexity index is 1290. The number of imidazole rings is 1. The summed E-state index contributed by atoms with van der Waals surface area (Å²) in [5, 5.41) is 2.60. The Hall–Kier alpha value is -3.26. The second-order valence-corrected chi connectivity index (χ2v) is 9.68. The molecule has 5 rings (SSSR count). The maximum absolute atomic E-state index is 6.03. The van der Waals surface area contributed by atoms with Crippen molar-refractivity contribution in [3.63, 3.8) is 0 Å². The molecule has 1 aromatic heterocycles. The third-order valence-electron chi connectivity index (χ3n) is 5.18.